The molecule has 0 aromatic heterocycles. The normalized spacial score (nSPS) is 12.0. The molecule has 0 fully saturated rings. The van der Waals surface area contributed by atoms with E-state index >= 15 is 0 Å². The van der Waals surface area contributed by atoms with Gasteiger partial charge in [0.25, 0.3) is 0 Å². The van der Waals surface area contributed by atoms with E-state index in [0.29, 0.717) is 13.2 Å². The standard InChI is InChI=1S/C17H20BrNO2/c1-13(14-5-3-6-15(18)11-14)19-16-7-4-8-17(12-16)21-10-9-20-2/h3-8,11-13,19H,9-10H2,1-2H3. The van der Waals surface area contributed by atoms with Crippen LogP contribution in [-0.2, 0) is 4.74 Å². The number of rotatable bonds is 7. The van der Waals surface area contributed by atoms with Crippen molar-refractivity contribution in [2.75, 3.05) is 25.6 Å². The summed E-state index contributed by atoms with van der Waals surface area (Å²) < 4.78 is 11.7. The van der Waals surface area contributed by atoms with E-state index in [9.17, 15) is 0 Å². The van der Waals surface area contributed by atoms with Gasteiger partial charge in [-0.05, 0) is 36.8 Å². The van der Waals surface area contributed by atoms with Crippen LogP contribution in [0.4, 0.5) is 5.69 Å². The Hall–Kier alpha value is -1.52. The summed E-state index contributed by atoms with van der Waals surface area (Å²) in [4.78, 5) is 0. The average molecular weight is 350 g/mol. The zero-order valence-corrected chi connectivity index (χ0v) is 13.9. The van der Waals surface area contributed by atoms with Crippen LogP contribution < -0.4 is 10.1 Å². The highest BCUT2D eigenvalue weighted by Gasteiger charge is 2.06. The maximum Gasteiger partial charge on any atom is 0.121 e. The van der Waals surface area contributed by atoms with Crippen molar-refractivity contribution in [3.8, 4) is 5.75 Å². The van der Waals surface area contributed by atoms with Crippen LogP contribution in [0.5, 0.6) is 5.75 Å². The number of nitrogens with one attached hydrogen (secondary N) is 1. The molecule has 1 unspecified atom stereocenters. The molecule has 0 saturated carbocycles. The Bertz CT molecular complexity index is 574. The zero-order chi connectivity index (χ0) is 15.1. The molecule has 1 N–H and O–H groups in total. The Kier molecular flexibility index (Phi) is 6.08. The van der Waals surface area contributed by atoms with Gasteiger partial charge in [0, 0.05) is 29.4 Å². The number of ether oxygens (including phenoxy) is 2. The van der Waals surface area contributed by atoms with Crippen LogP contribution in [0.3, 0.4) is 0 Å². The Morgan fingerprint density at radius 3 is 2.67 bits per heavy atom. The van der Waals surface area contributed by atoms with Gasteiger partial charge in [0.1, 0.15) is 12.4 Å². The average Bonchev–Trinajstić information content (AvgIpc) is 2.48. The molecule has 0 radical (unpaired) electrons. The molecule has 0 amide bonds. The van der Waals surface area contributed by atoms with Crippen LogP contribution in [0.25, 0.3) is 0 Å². The van der Waals surface area contributed by atoms with Gasteiger partial charge in [-0.3, -0.25) is 0 Å². The van der Waals surface area contributed by atoms with Crippen molar-refractivity contribution >= 4 is 21.6 Å². The molecule has 0 heterocycles. The van der Waals surface area contributed by atoms with Crippen molar-refractivity contribution in [1.82, 2.24) is 0 Å². The fraction of sp³-hybridized carbons (Fsp3) is 0.294. The summed E-state index contributed by atoms with van der Waals surface area (Å²) in [7, 11) is 1.67. The van der Waals surface area contributed by atoms with E-state index in [4.69, 9.17) is 9.47 Å². The van der Waals surface area contributed by atoms with Gasteiger partial charge >= 0.3 is 0 Å². The van der Waals surface area contributed by atoms with Gasteiger partial charge in [-0.15, -0.1) is 0 Å². The number of anilines is 1. The van der Waals surface area contributed by atoms with E-state index in [1.807, 2.05) is 36.4 Å². The molecule has 1 atom stereocenters. The number of halogens is 1. The molecule has 2 aromatic rings. The van der Waals surface area contributed by atoms with Crippen molar-refractivity contribution < 1.29 is 9.47 Å². The molecular weight excluding hydrogens is 330 g/mol. The smallest absolute Gasteiger partial charge is 0.121 e. The quantitative estimate of drug-likeness (QED) is 0.738. The number of benzene rings is 2. The van der Waals surface area contributed by atoms with E-state index in [0.717, 1.165) is 15.9 Å². The summed E-state index contributed by atoms with van der Waals surface area (Å²) in [5, 5.41) is 3.48. The minimum absolute atomic E-state index is 0.219. The molecule has 2 aromatic carbocycles. The highest BCUT2D eigenvalue weighted by molar-refractivity contribution is 9.10. The molecule has 2 rings (SSSR count). The second-order valence-corrected chi connectivity index (χ2v) is 5.71. The third-order valence-corrected chi connectivity index (χ3v) is 3.62. The van der Waals surface area contributed by atoms with Crippen molar-refractivity contribution in [3.63, 3.8) is 0 Å². The fourth-order valence-electron chi connectivity index (χ4n) is 2.03. The second-order valence-electron chi connectivity index (χ2n) is 4.79. The van der Waals surface area contributed by atoms with Gasteiger partial charge in [-0.2, -0.15) is 0 Å². The number of methoxy groups -OCH3 is 1. The fourth-order valence-corrected chi connectivity index (χ4v) is 2.44. The van der Waals surface area contributed by atoms with Crippen LogP contribution in [0, 0.1) is 0 Å². The minimum atomic E-state index is 0.219. The molecule has 4 heteroatoms. The van der Waals surface area contributed by atoms with Crippen molar-refractivity contribution in [2.24, 2.45) is 0 Å². The van der Waals surface area contributed by atoms with Crippen LogP contribution in [0.1, 0.15) is 18.5 Å². The first-order valence-electron chi connectivity index (χ1n) is 6.93. The number of hydrogen-bond donors (Lipinski definition) is 1. The molecule has 0 aliphatic carbocycles. The third kappa shape index (κ3) is 5.06. The molecule has 112 valence electrons. The SMILES string of the molecule is COCCOc1cccc(NC(C)c2cccc(Br)c2)c1. The maximum atomic E-state index is 5.62. The summed E-state index contributed by atoms with van der Waals surface area (Å²) in [5.74, 6) is 0.846. The van der Waals surface area contributed by atoms with Gasteiger partial charge in [0.15, 0.2) is 0 Å². The Morgan fingerprint density at radius 1 is 1.10 bits per heavy atom. The van der Waals surface area contributed by atoms with Crippen LogP contribution in [0.15, 0.2) is 53.0 Å². The maximum absolute atomic E-state index is 5.62. The van der Waals surface area contributed by atoms with Gasteiger partial charge < -0.3 is 14.8 Å². The first-order chi connectivity index (χ1) is 10.2. The molecule has 3 nitrogen and oxygen atoms in total. The first-order valence-corrected chi connectivity index (χ1v) is 7.72. The van der Waals surface area contributed by atoms with Crippen LogP contribution >= 0.6 is 15.9 Å². The summed E-state index contributed by atoms with van der Waals surface area (Å²) in [5.41, 5.74) is 2.27. The molecule has 0 saturated heterocycles. The van der Waals surface area contributed by atoms with Gasteiger partial charge in [-0.25, -0.2) is 0 Å². The van der Waals surface area contributed by atoms with Crippen molar-refractivity contribution in [3.05, 3.63) is 58.6 Å². The predicted molar refractivity (Wildman–Crippen MR) is 90.0 cm³/mol. The van der Waals surface area contributed by atoms with Gasteiger partial charge in [-0.1, -0.05) is 34.1 Å². The van der Waals surface area contributed by atoms with Crippen LogP contribution in [-0.4, -0.2) is 20.3 Å². The molecule has 21 heavy (non-hydrogen) atoms. The lowest BCUT2D eigenvalue weighted by Gasteiger charge is -2.17. The molecular formula is C17H20BrNO2. The lowest BCUT2D eigenvalue weighted by molar-refractivity contribution is 0.146. The largest absolute Gasteiger partial charge is 0.491 e. The monoisotopic (exact) mass is 349 g/mol. The van der Waals surface area contributed by atoms with Crippen LogP contribution in [0.2, 0.25) is 0 Å². The number of hydrogen-bond acceptors (Lipinski definition) is 3. The van der Waals surface area contributed by atoms with E-state index in [1.165, 1.54) is 5.56 Å². The van der Waals surface area contributed by atoms with Gasteiger partial charge in [0.2, 0.25) is 0 Å². The Balaban J connectivity index is 2.00. The first kappa shape index (κ1) is 15.9. The highest BCUT2D eigenvalue weighted by Crippen LogP contribution is 2.24. The second kappa shape index (κ2) is 8.05. The Morgan fingerprint density at radius 2 is 1.90 bits per heavy atom. The summed E-state index contributed by atoms with van der Waals surface area (Å²) >= 11 is 3.50. The van der Waals surface area contributed by atoms with E-state index in [1.54, 1.807) is 7.11 Å². The Labute approximate surface area is 134 Å². The van der Waals surface area contributed by atoms with Gasteiger partial charge in [0.05, 0.1) is 6.61 Å². The highest BCUT2D eigenvalue weighted by atomic mass is 79.9. The topological polar surface area (TPSA) is 30.5 Å². The lowest BCUT2D eigenvalue weighted by Crippen LogP contribution is -2.07. The molecule has 0 bridgehead atoms. The summed E-state index contributed by atoms with van der Waals surface area (Å²) in [6, 6.07) is 16.5. The predicted octanol–water partition coefficient (Wildman–Crippen LogP) is 4.65. The van der Waals surface area contributed by atoms with Crippen molar-refractivity contribution in [2.45, 2.75) is 13.0 Å². The molecule has 0 aliphatic heterocycles. The lowest BCUT2D eigenvalue weighted by atomic mass is 10.1. The zero-order valence-electron chi connectivity index (χ0n) is 12.3. The molecule has 0 aliphatic rings. The van der Waals surface area contributed by atoms with E-state index in [-0.39, 0.29) is 6.04 Å². The van der Waals surface area contributed by atoms with Crippen molar-refractivity contribution in [1.29, 1.82) is 0 Å². The third-order valence-electron chi connectivity index (χ3n) is 3.12. The minimum Gasteiger partial charge on any atom is -0.491 e. The summed E-state index contributed by atoms with van der Waals surface area (Å²) in [6.07, 6.45) is 0. The van der Waals surface area contributed by atoms with E-state index in [2.05, 4.69) is 40.3 Å². The summed E-state index contributed by atoms with van der Waals surface area (Å²) in [6.45, 7) is 3.29. The molecule has 0 spiro atoms. The van der Waals surface area contributed by atoms with E-state index < -0.39 is 0 Å².